The predicted molar refractivity (Wildman–Crippen MR) is 145 cm³/mol. The van der Waals surface area contributed by atoms with Crippen molar-refractivity contribution in [1.29, 1.82) is 0 Å². The van der Waals surface area contributed by atoms with Gasteiger partial charge in [-0.2, -0.15) is 13.2 Å². The van der Waals surface area contributed by atoms with Crippen molar-refractivity contribution in [2.24, 2.45) is 0 Å². The summed E-state index contributed by atoms with van der Waals surface area (Å²) in [6.07, 6.45) is 1.57. The van der Waals surface area contributed by atoms with E-state index >= 15 is 0 Å². The van der Waals surface area contributed by atoms with E-state index in [-0.39, 0.29) is 17.5 Å². The zero-order valence-corrected chi connectivity index (χ0v) is 22.3. The zero-order chi connectivity index (χ0) is 27.7. The lowest BCUT2D eigenvalue weighted by atomic mass is 9.99. The van der Waals surface area contributed by atoms with Crippen molar-refractivity contribution in [2.75, 3.05) is 18.4 Å². The second-order valence-corrected chi connectivity index (χ2v) is 10.0. The summed E-state index contributed by atoms with van der Waals surface area (Å²) in [7, 11) is 0. The third kappa shape index (κ3) is 8.45. The first kappa shape index (κ1) is 29.4. The van der Waals surface area contributed by atoms with Crippen molar-refractivity contribution in [1.82, 2.24) is 9.80 Å². The number of carbonyl (C=O) groups excluding carboxylic acids is 2. The number of benzene rings is 2. The van der Waals surface area contributed by atoms with Gasteiger partial charge in [-0.3, -0.25) is 4.79 Å². The number of nitrogens with one attached hydrogen (secondary N) is 1. The van der Waals surface area contributed by atoms with Gasteiger partial charge in [0.2, 0.25) is 0 Å². The van der Waals surface area contributed by atoms with Gasteiger partial charge in [-0.25, -0.2) is 4.79 Å². The lowest BCUT2D eigenvalue weighted by Crippen LogP contribution is -2.50. The summed E-state index contributed by atoms with van der Waals surface area (Å²) in [4.78, 5) is 29.4. The van der Waals surface area contributed by atoms with Crippen molar-refractivity contribution in [3.8, 4) is 0 Å². The highest BCUT2D eigenvalue weighted by Gasteiger charge is 2.32. The van der Waals surface area contributed by atoms with Crippen LogP contribution in [-0.4, -0.2) is 46.8 Å². The van der Waals surface area contributed by atoms with Crippen LogP contribution in [0.4, 0.5) is 23.7 Å². The number of allylic oxidation sites excluding steroid dienone is 1. The first-order valence-corrected chi connectivity index (χ1v) is 13.3. The second kappa shape index (κ2) is 13.6. The Balaban J connectivity index is 1.79. The minimum atomic E-state index is -4.49. The van der Waals surface area contributed by atoms with Crippen molar-refractivity contribution in [3.63, 3.8) is 0 Å². The molecule has 0 aromatic heterocycles. The number of hydrogen-bond donors (Lipinski definition) is 1. The molecule has 1 N–H and O–H groups in total. The van der Waals surface area contributed by atoms with Crippen LogP contribution in [0.3, 0.4) is 0 Å². The lowest BCUT2D eigenvalue weighted by Gasteiger charge is -2.40. The van der Waals surface area contributed by atoms with Gasteiger partial charge >= 0.3 is 12.2 Å². The molecule has 5 nitrogen and oxygen atoms in total. The number of carbonyl (C=O) groups is 2. The third-order valence-electron chi connectivity index (χ3n) is 7.20. The Morgan fingerprint density at radius 3 is 2.47 bits per heavy atom. The van der Waals surface area contributed by atoms with Gasteiger partial charge in [-0.1, -0.05) is 50.3 Å². The number of aryl methyl sites for hydroxylation is 1. The van der Waals surface area contributed by atoms with Crippen LogP contribution in [0.1, 0.15) is 62.6 Å². The van der Waals surface area contributed by atoms with Gasteiger partial charge in [0.25, 0.3) is 0 Å². The molecule has 0 radical (unpaired) electrons. The highest BCUT2D eigenvalue weighted by molar-refractivity contribution is 5.90. The number of piperidine rings is 1. The molecule has 38 heavy (non-hydrogen) atoms. The highest BCUT2D eigenvalue weighted by atomic mass is 19.4. The summed E-state index contributed by atoms with van der Waals surface area (Å²) in [5, 5.41) is 2.71. The smallest absolute Gasteiger partial charge is 0.317 e. The fraction of sp³-hybridized carbons (Fsp3) is 0.467. The Labute approximate surface area is 223 Å². The van der Waals surface area contributed by atoms with Gasteiger partial charge in [-0.05, 0) is 68.0 Å². The molecule has 0 bridgehead atoms. The van der Waals surface area contributed by atoms with Gasteiger partial charge in [0.05, 0.1) is 5.56 Å². The normalized spacial score (nSPS) is 15.6. The van der Waals surface area contributed by atoms with Crippen LogP contribution in [0.5, 0.6) is 0 Å². The molecule has 1 aliphatic heterocycles. The molecule has 3 rings (SSSR count). The maximum atomic E-state index is 13.5. The van der Waals surface area contributed by atoms with Crippen LogP contribution >= 0.6 is 0 Å². The third-order valence-corrected chi connectivity index (χ3v) is 7.20. The number of amides is 2. The van der Waals surface area contributed by atoms with Crippen LogP contribution in [0.25, 0.3) is 0 Å². The first-order valence-electron chi connectivity index (χ1n) is 13.3. The molecule has 0 saturated carbocycles. The maximum absolute atomic E-state index is 13.5. The van der Waals surface area contributed by atoms with Gasteiger partial charge in [0, 0.05) is 43.8 Å². The fourth-order valence-corrected chi connectivity index (χ4v) is 5.02. The van der Waals surface area contributed by atoms with Crippen LogP contribution in [0, 0.1) is 0 Å². The average molecular weight is 530 g/mol. The van der Waals surface area contributed by atoms with Gasteiger partial charge < -0.3 is 15.1 Å². The Morgan fingerprint density at radius 1 is 1.13 bits per heavy atom. The van der Waals surface area contributed by atoms with E-state index in [2.05, 4.69) is 30.6 Å². The number of urea groups is 1. The molecule has 0 aliphatic carbocycles. The molecule has 1 unspecified atom stereocenters. The van der Waals surface area contributed by atoms with Crippen LogP contribution < -0.4 is 5.32 Å². The molecule has 8 heteroatoms. The van der Waals surface area contributed by atoms with E-state index < -0.39 is 17.8 Å². The number of ketones is 1. The average Bonchev–Trinajstić information content (AvgIpc) is 2.90. The number of anilines is 1. The molecule has 2 aromatic carbocycles. The SMILES string of the molecule is C=CC(=O)CCc1cccc(CN(C(=O)Nc2cccc(C(F)(F)F)c2)C2CCN(C(C)CCC)CC2)c1. The van der Waals surface area contributed by atoms with Crippen molar-refractivity contribution in [2.45, 2.75) is 77.2 Å². The summed E-state index contributed by atoms with van der Waals surface area (Å²) in [5.41, 5.74) is 1.20. The highest BCUT2D eigenvalue weighted by Crippen LogP contribution is 2.31. The van der Waals surface area contributed by atoms with E-state index in [1.54, 1.807) is 4.90 Å². The quantitative estimate of drug-likeness (QED) is 0.317. The molecule has 0 spiro atoms. The molecular weight excluding hydrogens is 491 g/mol. The number of hydrogen-bond acceptors (Lipinski definition) is 3. The first-order chi connectivity index (χ1) is 18.1. The van der Waals surface area contributed by atoms with Crippen molar-refractivity contribution >= 4 is 17.5 Å². The molecule has 206 valence electrons. The van der Waals surface area contributed by atoms with Crippen LogP contribution in [-0.2, 0) is 23.9 Å². The topological polar surface area (TPSA) is 52.7 Å². The van der Waals surface area contributed by atoms with E-state index in [1.165, 1.54) is 18.2 Å². The van der Waals surface area contributed by atoms with Crippen molar-refractivity contribution in [3.05, 3.63) is 77.9 Å². The Hall–Kier alpha value is -3.13. The number of alkyl halides is 3. The monoisotopic (exact) mass is 529 g/mol. The molecule has 1 fully saturated rings. The number of likely N-dealkylation sites (tertiary alicyclic amines) is 1. The van der Waals surface area contributed by atoms with E-state index in [9.17, 15) is 22.8 Å². The second-order valence-electron chi connectivity index (χ2n) is 10.0. The molecule has 2 aromatic rings. The molecule has 1 heterocycles. The Morgan fingerprint density at radius 2 is 1.82 bits per heavy atom. The largest absolute Gasteiger partial charge is 0.416 e. The van der Waals surface area contributed by atoms with E-state index in [0.29, 0.717) is 25.4 Å². The van der Waals surface area contributed by atoms with E-state index in [4.69, 9.17) is 0 Å². The van der Waals surface area contributed by atoms with Gasteiger partial charge in [0.15, 0.2) is 5.78 Å². The molecule has 1 atom stereocenters. The summed E-state index contributed by atoms with van der Waals surface area (Å²) < 4.78 is 39.7. The van der Waals surface area contributed by atoms with E-state index in [0.717, 1.165) is 62.0 Å². The van der Waals surface area contributed by atoms with Crippen molar-refractivity contribution < 1.29 is 22.8 Å². The summed E-state index contributed by atoms with van der Waals surface area (Å²) in [6, 6.07) is 12.5. The predicted octanol–water partition coefficient (Wildman–Crippen LogP) is 7.08. The molecule has 1 saturated heterocycles. The minimum absolute atomic E-state index is 0.0263. The maximum Gasteiger partial charge on any atom is 0.416 e. The fourth-order valence-electron chi connectivity index (χ4n) is 5.02. The number of nitrogens with zero attached hydrogens (tertiary/aromatic N) is 2. The summed E-state index contributed by atoms with van der Waals surface area (Å²) in [6.45, 7) is 9.96. The molecular formula is C30H38F3N3O2. The minimum Gasteiger partial charge on any atom is -0.317 e. The number of halogens is 3. The standard InChI is InChI=1S/C30H38F3N3O2/c1-4-8-22(3)35-17-15-27(16-18-35)36(21-24-10-6-9-23(19-24)13-14-28(37)5-2)29(38)34-26-12-7-11-25(20-26)30(31,32)33/h5-7,9-12,19-20,22,27H,2,4,8,13-18,21H2,1,3H3,(H,34,38). The zero-order valence-electron chi connectivity index (χ0n) is 22.3. The van der Waals surface area contributed by atoms with Crippen LogP contribution in [0.15, 0.2) is 61.2 Å². The Kier molecular flexibility index (Phi) is 10.5. The lowest BCUT2D eigenvalue weighted by molar-refractivity contribution is -0.137. The van der Waals surface area contributed by atoms with E-state index in [1.807, 2.05) is 24.3 Å². The van der Waals surface area contributed by atoms with Gasteiger partial charge in [0.1, 0.15) is 0 Å². The Bertz CT molecular complexity index is 1090. The summed E-state index contributed by atoms with van der Waals surface area (Å²) >= 11 is 0. The number of rotatable bonds is 11. The molecule has 1 aliphatic rings. The molecule has 2 amide bonds. The van der Waals surface area contributed by atoms with Gasteiger partial charge in [-0.15, -0.1) is 0 Å². The van der Waals surface area contributed by atoms with Crippen LogP contribution in [0.2, 0.25) is 0 Å². The summed E-state index contributed by atoms with van der Waals surface area (Å²) in [5.74, 6) is -0.0263.